The molecular formula is C20H22O2. The molecule has 0 aliphatic carbocycles. The van der Waals surface area contributed by atoms with Crippen molar-refractivity contribution in [2.45, 2.75) is 26.2 Å². The maximum absolute atomic E-state index is 11.4. The third-order valence-electron chi connectivity index (χ3n) is 3.41. The van der Waals surface area contributed by atoms with Crippen LogP contribution in [0.25, 0.3) is 5.57 Å². The Bertz CT molecular complexity index is 559. The predicted molar refractivity (Wildman–Crippen MR) is 90.4 cm³/mol. The van der Waals surface area contributed by atoms with Crippen molar-refractivity contribution >= 4 is 11.5 Å². The van der Waals surface area contributed by atoms with Crippen LogP contribution < -0.4 is 0 Å². The standard InChI is InChI=1S/C20H22O2/c1-2-22-20(21)16-10-9-15-19(17-11-5-3-6-12-17)18-13-7-4-8-14-18/h3-8,11-15H,2,9-10,16H2,1H3. The van der Waals surface area contributed by atoms with Crippen LogP contribution in [0.4, 0.5) is 0 Å². The van der Waals surface area contributed by atoms with Crippen LogP contribution in [0.3, 0.4) is 0 Å². The normalized spacial score (nSPS) is 10.0. The van der Waals surface area contributed by atoms with Crippen molar-refractivity contribution < 1.29 is 9.53 Å². The molecule has 0 aliphatic heterocycles. The van der Waals surface area contributed by atoms with E-state index < -0.39 is 0 Å². The van der Waals surface area contributed by atoms with Crippen LogP contribution in [0, 0.1) is 0 Å². The lowest BCUT2D eigenvalue weighted by Crippen LogP contribution is -2.02. The van der Waals surface area contributed by atoms with Gasteiger partial charge in [-0.2, -0.15) is 0 Å². The van der Waals surface area contributed by atoms with Gasteiger partial charge >= 0.3 is 5.97 Å². The lowest BCUT2D eigenvalue weighted by atomic mass is 9.96. The Kier molecular flexibility index (Phi) is 6.43. The molecule has 2 aromatic rings. The summed E-state index contributed by atoms with van der Waals surface area (Å²) in [6, 6.07) is 20.7. The van der Waals surface area contributed by atoms with Crippen LogP contribution >= 0.6 is 0 Å². The highest BCUT2D eigenvalue weighted by atomic mass is 16.5. The Morgan fingerprint density at radius 3 is 2.00 bits per heavy atom. The van der Waals surface area contributed by atoms with Crippen molar-refractivity contribution in [2.75, 3.05) is 6.61 Å². The molecule has 0 unspecified atom stereocenters. The fourth-order valence-electron chi connectivity index (χ4n) is 2.36. The van der Waals surface area contributed by atoms with Gasteiger partial charge in [0.25, 0.3) is 0 Å². The molecule has 22 heavy (non-hydrogen) atoms. The van der Waals surface area contributed by atoms with Crippen LogP contribution in [-0.4, -0.2) is 12.6 Å². The summed E-state index contributed by atoms with van der Waals surface area (Å²) in [6.07, 6.45) is 4.35. The van der Waals surface area contributed by atoms with Crippen LogP contribution in [-0.2, 0) is 9.53 Å². The zero-order chi connectivity index (χ0) is 15.6. The molecular weight excluding hydrogens is 272 g/mol. The number of ether oxygens (including phenoxy) is 1. The minimum absolute atomic E-state index is 0.114. The predicted octanol–water partition coefficient (Wildman–Crippen LogP) is 4.85. The highest BCUT2D eigenvalue weighted by Crippen LogP contribution is 2.24. The Morgan fingerprint density at radius 2 is 1.50 bits per heavy atom. The SMILES string of the molecule is CCOC(=O)CCCC=C(c1ccccc1)c1ccccc1. The Labute approximate surface area is 132 Å². The molecule has 2 heteroatoms. The monoisotopic (exact) mass is 294 g/mol. The van der Waals surface area contributed by atoms with Crippen LogP contribution in [0.2, 0.25) is 0 Å². The van der Waals surface area contributed by atoms with E-state index in [0.717, 1.165) is 12.8 Å². The fraction of sp³-hybridized carbons (Fsp3) is 0.250. The molecule has 0 amide bonds. The summed E-state index contributed by atoms with van der Waals surface area (Å²) in [6.45, 7) is 2.29. The number of benzene rings is 2. The van der Waals surface area contributed by atoms with E-state index in [9.17, 15) is 4.79 Å². The van der Waals surface area contributed by atoms with Crippen molar-refractivity contribution in [3.8, 4) is 0 Å². The Balaban J connectivity index is 2.09. The number of unbranched alkanes of at least 4 members (excludes halogenated alkanes) is 1. The molecule has 2 rings (SSSR count). The van der Waals surface area contributed by atoms with Crippen molar-refractivity contribution in [3.05, 3.63) is 77.9 Å². The molecule has 114 valence electrons. The summed E-state index contributed by atoms with van der Waals surface area (Å²) in [5, 5.41) is 0. The highest BCUT2D eigenvalue weighted by molar-refractivity contribution is 5.79. The summed E-state index contributed by atoms with van der Waals surface area (Å²) in [5.74, 6) is -0.114. The van der Waals surface area contributed by atoms with Crippen molar-refractivity contribution in [1.82, 2.24) is 0 Å². The van der Waals surface area contributed by atoms with Crippen molar-refractivity contribution in [3.63, 3.8) is 0 Å². The molecule has 0 saturated carbocycles. The van der Waals surface area contributed by atoms with E-state index in [0.29, 0.717) is 13.0 Å². The largest absolute Gasteiger partial charge is 0.466 e. The second kappa shape index (κ2) is 8.83. The Hall–Kier alpha value is -2.35. The summed E-state index contributed by atoms with van der Waals surface area (Å²) in [7, 11) is 0. The fourth-order valence-corrected chi connectivity index (χ4v) is 2.36. The molecule has 0 saturated heterocycles. The van der Waals surface area contributed by atoms with Gasteiger partial charge in [0, 0.05) is 6.42 Å². The van der Waals surface area contributed by atoms with E-state index in [1.165, 1.54) is 16.7 Å². The number of carbonyl (C=O) groups excluding carboxylic acids is 1. The summed E-state index contributed by atoms with van der Waals surface area (Å²) in [4.78, 5) is 11.4. The van der Waals surface area contributed by atoms with Crippen molar-refractivity contribution in [1.29, 1.82) is 0 Å². The molecule has 0 fully saturated rings. The Morgan fingerprint density at radius 1 is 0.955 bits per heavy atom. The first kappa shape index (κ1) is 16.0. The topological polar surface area (TPSA) is 26.3 Å². The molecule has 0 N–H and O–H groups in total. The second-order valence-electron chi connectivity index (χ2n) is 5.05. The third-order valence-corrected chi connectivity index (χ3v) is 3.41. The van der Waals surface area contributed by atoms with Crippen molar-refractivity contribution in [2.24, 2.45) is 0 Å². The van der Waals surface area contributed by atoms with Gasteiger partial charge in [0.05, 0.1) is 6.61 Å². The maximum Gasteiger partial charge on any atom is 0.305 e. The number of hydrogen-bond donors (Lipinski definition) is 0. The van der Waals surface area contributed by atoms with Gasteiger partial charge in [0.2, 0.25) is 0 Å². The minimum atomic E-state index is -0.114. The first-order chi connectivity index (χ1) is 10.8. The number of esters is 1. The molecule has 0 aromatic heterocycles. The molecule has 0 aliphatic rings. The smallest absolute Gasteiger partial charge is 0.305 e. The molecule has 0 atom stereocenters. The zero-order valence-corrected chi connectivity index (χ0v) is 13.0. The van der Waals surface area contributed by atoms with Gasteiger partial charge in [0.15, 0.2) is 0 Å². The first-order valence-corrected chi connectivity index (χ1v) is 7.78. The minimum Gasteiger partial charge on any atom is -0.466 e. The lowest BCUT2D eigenvalue weighted by molar-refractivity contribution is -0.143. The van der Waals surface area contributed by atoms with Crippen LogP contribution in [0.1, 0.15) is 37.3 Å². The van der Waals surface area contributed by atoms with Gasteiger partial charge in [-0.05, 0) is 36.5 Å². The third kappa shape index (κ3) is 4.88. The molecule has 0 heterocycles. The lowest BCUT2D eigenvalue weighted by Gasteiger charge is -2.09. The summed E-state index contributed by atoms with van der Waals surface area (Å²) in [5.41, 5.74) is 3.61. The molecule has 2 nitrogen and oxygen atoms in total. The van der Waals surface area contributed by atoms with Gasteiger partial charge in [-0.25, -0.2) is 0 Å². The molecule has 2 aromatic carbocycles. The average molecular weight is 294 g/mol. The highest BCUT2D eigenvalue weighted by Gasteiger charge is 2.05. The summed E-state index contributed by atoms with van der Waals surface area (Å²) >= 11 is 0. The van der Waals surface area contributed by atoms with Gasteiger partial charge in [0.1, 0.15) is 0 Å². The van der Waals surface area contributed by atoms with E-state index in [-0.39, 0.29) is 5.97 Å². The number of hydrogen-bond acceptors (Lipinski definition) is 2. The van der Waals surface area contributed by atoms with E-state index >= 15 is 0 Å². The number of allylic oxidation sites excluding steroid dienone is 1. The first-order valence-electron chi connectivity index (χ1n) is 7.78. The van der Waals surface area contributed by atoms with Gasteiger partial charge in [-0.3, -0.25) is 4.79 Å². The average Bonchev–Trinajstić information content (AvgIpc) is 2.57. The van der Waals surface area contributed by atoms with E-state index in [1.807, 2.05) is 43.3 Å². The summed E-state index contributed by atoms with van der Waals surface area (Å²) < 4.78 is 4.96. The number of rotatable bonds is 7. The van der Waals surface area contributed by atoms with Gasteiger partial charge in [-0.15, -0.1) is 0 Å². The maximum atomic E-state index is 11.4. The quantitative estimate of drug-likeness (QED) is 0.539. The van der Waals surface area contributed by atoms with E-state index in [1.54, 1.807) is 0 Å². The van der Waals surface area contributed by atoms with E-state index in [2.05, 4.69) is 30.3 Å². The molecule has 0 bridgehead atoms. The van der Waals surface area contributed by atoms with Gasteiger partial charge in [-0.1, -0.05) is 66.7 Å². The van der Waals surface area contributed by atoms with Crippen LogP contribution in [0.5, 0.6) is 0 Å². The molecule has 0 radical (unpaired) electrons. The zero-order valence-electron chi connectivity index (χ0n) is 13.0. The van der Waals surface area contributed by atoms with Gasteiger partial charge < -0.3 is 4.74 Å². The van der Waals surface area contributed by atoms with E-state index in [4.69, 9.17) is 4.74 Å². The second-order valence-corrected chi connectivity index (χ2v) is 5.05. The van der Waals surface area contributed by atoms with Crippen LogP contribution in [0.15, 0.2) is 66.7 Å². The molecule has 0 spiro atoms. The number of carbonyl (C=O) groups is 1.